The number of hydrogen-bond acceptors (Lipinski definition) is 1. The van der Waals surface area contributed by atoms with Crippen molar-refractivity contribution in [3.63, 3.8) is 0 Å². The molecule has 0 aliphatic heterocycles. The normalized spacial score (nSPS) is 11.7. The maximum absolute atomic E-state index is 5.51. The van der Waals surface area contributed by atoms with Gasteiger partial charge >= 0.3 is 0 Å². The lowest BCUT2D eigenvalue weighted by atomic mass is 10.3. The molecule has 1 aromatic carbocycles. The number of nitrogens with one attached hydrogen (secondary N) is 1. The van der Waals surface area contributed by atoms with Gasteiger partial charge in [-0.25, -0.2) is 0 Å². The van der Waals surface area contributed by atoms with Gasteiger partial charge in [0.2, 0.25) is 0 Å². The molecule has 1 atom stereocenters. The summed E-state index contributed by atoms with van der Waals surface area (Å²) >= 11 is 0. The van der Waals surface area contributed by atoms with Crippen molar-refractivity contribution in [3.8, 4) is 0 Å². The van der Waals surface area contributed by atoms with Crippen LogP contribution in [-0.2, 0) is 0 Å². The maximum Gasteiger partial charge on any atom is 0.0512 e. The minimum Gasteiger partial charge on any atom is -0.354 e. The molecule has 2 aromatic rings. The van der Waals surface area contributed by atoms with Crippen LogP contribution in [0.3, 0.4) is 0 Å². The second kappa shape index (κ2) is 2.65. The van der Waals surface area contributed by atoms with E-state index in [1.54, 1.807) is 0 Å². The van der Waals surface area contributed by atoms with E-state index in [4.69, 9.17) is 5.50 Å². The van der Waals surface area contributed by atoms with E-state index in [9.17, 15) is 0 Å². The topological polar surface area (TPSA) is 41.8 Å². The Hall–Kier alpha value is -0.850. The number of aromatic amines is 1. The van der Waals surface area contributed by atoms with E-state index < -0.39 is 0 Å². The van der Waals surface area contributed by atoms with Crippen molar-refractivity contribution in [2.24, 2.45) is 5.50 Å². The van der Waals surface area contributed by atoms with Crippen LogP contribution in [0.15, 0.2) is 30.3 Å². The van der Waals surface area contributed by atoms with Crippen LogP contribution in [0, 0.1) is 0 Å². The van der Waals surface area contributed by atoms with E-state index in [0.717, 1.165) is 5.44 Å². The van der Waals surface area contributed by atoms with Gasteiger partial charge in [-0.1, -0.05) is 18.2 Å². The highest BCUT2D eigenvalue weighted by Crippen LogP contribution is 2.12. The number of para-hydroxylation sites is 1. The number of aromatic nitrogens is 1. The molecule has 0 aliphatic carbocycles. The number of benzene rings is 1. The molecular weight excluding hydrogens is 155 g/mol. The summed E-state index contributed by atoms with van der Waals surface area (Å²) in [4.78, 5) is 3.23. The van der Waals surface area contributed by atoms with E-state index >= 15 is 0 Å². The first-order valence-corrected chi connectivity index (χ1v) is 4.52. The van der Waals surface area contributed by atoms with Crippen molar-refractivity contribution in [3.05, 3.63) is 30.3 Å². The van der Waals surface area contributed by atoms with Crippen molar-refractivity contribution >= 4 is 25.1 Å². The average molecular weight is 164 g/mol. The SMILES string of the molecule is NPc1cc2ccccc2[nH]1. The molecule has 0 radical (unpaired) electrons. The second-order valence-corrected chi connectivity index (χ2v) is 3.24. The third kappa shape index (κ3) is 1.15. The predicted octanol–water partition coefficient (Wildman–Crippen LogP) is 1.35. The zero-order valence-electron chi connectivity index (χ0n) is 5.96. The van der Waals surface area contributed by atoms with Gasteiger partial charge < -0.3 is 10.5 Å². The average Bonchev–Trinajstić information content (AvgIpc) is 2.46. The molecule has 2 nitrogen and oxygen atoms in total. The van der Waals surface area contributed by atoms with Gasteiger partial charge in [0.05, 0.1) is 5.44 Å². The fraction of sp³-hybridized carbons (Fsp3) is 0. The summed E-state index contributed by atoms with van der Waals surface area (Å²) < 4.78 is 0. The first kappa shape index (κ1) is 6.84. The highest BCUT2D eigenvalue weighted by molar-refractivity contribution is 7.44. The van der Waals surface area contributed by atoms with E-state index in [-0.39, 0.29) is 0 Å². The van der Waals surface area contributed by atoms with Crippen molar-refractivity contribution in [1.29, 1.82) is 0 Å². The molecular formula is C8H9N2P. The Labute approximate surface area is 66.6 Å². The Morgan fingerprint density at radius 2 is 2.09 bits per heavy atom. The lowest BCUT2D eigenvalue weighted by Crippen LogP contribution is -1.96. The van der Waals surface area contributed by atoms with Crippen LogP contribution in [0.25, 0.3) is 10.9 Å². The standard InChI is InChI=1S/C8H9N2P/c9-11-8-5-6-3-1-2-4-7(6)10-8/h1-5,10-11H,9H2. The van der Waals surface area contributed by atoms with Gasteiger partial charge in [-0.3, -0.25) is 0 Å². The Balaban J connectivity index is 2.69. The van der Waals surface area contributed by atoms with E-state index in [0.29, 0.717) is 8.73 Å². The van der Waals surface area contributed by atoms with E-state index in [2.05, 4.69) is 23.2 Å². The molecule has 3 N–H and O–H groups in total. The molecule has 1 heterocycles. The van der Waals surface area contributed by atoms with Gasteiger partial charge in [-0.15, -0.1) is 0 Å². The van der Waals surface area contributed by atoms with Crippen molar-refractivity contribution < 1.29 is 0 Å². The summed E-state index contributed by atoms with van der Waals surface area (Å²) in [5, 5.41) is 1.24. The van der Waals surface area contributed by atoms with E-state index in [1.165, 1.54) is 10.9 Å². The number of fused-ring (bicyclic) bond motifs is 1. The Kier molecular flexibility index (Phi) is 1.65. The van der Waals surface area contributed by atoms with Crippen molar-refractivity contribution in [1.82, 2.24) is 4.98 Å². The molecule has 1 unspecified atom stereocenters. The lowest BCUT2D eigenvalue weighted by molar-refractivity contribution is 1.54. The molecule has 0 saturated carbocycles. The van der Waals surface area contributed by atoms with Crippen LogP contribution >= 0.6 is 8.73 Å². The number of hydrogen-bond donors (Lipinski definition) is 2. The molecule has 3 heteroatoms. The van der Waals surface area contributed by atoms with Crippen LogP contribution < -0.4 is 10.9 Å². The minimum absolute atomic E-state index is 0.358. The molecule has 0 saturated heterocycles. The predicted molar refractivity (Wildman–Crippen MR) is 50.4 cm³/mol. The second-order valence-electron chi connectivity index (χ2n) is 2.41. The zero-order chi connectivity index (χ0) is 7.68. The zero-order valence-corrected chi connectivity index (χ0v) is 6.96. The van der Waals surface area contributed by atoms with Crippen LogP contribution in [0.1, 0.15) is 0 Å². The molecule has 0 spiro atoms. The van der Waals surface area contributed by atoms with Gasteiger partial charge in [-0.05, 0) is 20.9 Å². The van der Waals surface area contributed by atoms with E-state index in [1.807, 2.05) is 12.1 Å². The smallest absolute Gasteiger partial charge is 0.0512 e. The van der Waals surface area contributed by atoms with Crippen LogP contribution in [0.5, 0.6) is 0 Å². The third-order valence-electron chi connectivity index (χ3n) is 1.69. The van der Waals surface area contributed by atoms with Crippen LogP contribution in [0.4, 0.5) is 0 Å². The van der Waals surface area contributed by atoms with Crippen LogP contribution in [0.2, 0.25) is 0 Å². The van der Waals surface area contributed by atoms with Gasteiger partial charge in [0, 0.05) is 10.9 Å². The molecule has 56 valence electrons. The third-order valence-corrected chi connectivity index (χ3v) is 2.27. The molecule has 0 amide bonds. The Morgan fingerprint density at radius 1 is 1.27 bits per heavy atom. The lowest BCUT2D eigenvalue weighted by Gasteiger charge is -1.85. The summed E-state index contributed by atoms with van der Waals surface area (Å²) in [6.07, 6.45) is 0. The summed E-state index contributed by atoms with van der Waals surface area (Å²) in [6.45, 7) is 0. The van der Waals surface area contributed by atoms with Gasteiger partial charge in [0.1, 0.15) is 0 Å². The van der Waals surface area contributed by atoms with Gasteiger partial charge in [0.15, 0.2) is 0 Å². The summed E-state index contributed by atoms with van der Waals surface area (Å²) in [6, 6.07) is 10.3. The maximum atomic E-state index is 5.51. The molecule has 0 aliphatic rings. The number of rotatable bonds is 1. The fourth-order valence-electron chi connectivity index (χ4n) is 1.15. The highest BCUT2D eigenvalue weighted by atomic mass is 31.1. The largest absolute Gasteiger partial charge is 0.354 e. The molecule has 0 fully saturated rings. The van der Waals surface area contributed by atoms with Gasteiger partial charge in [-0.2, -0.15) is 0 Å². The summed E-state index contributed by atoms with van der Waals surface area (Å²) in [5.74, 6) is 0. The monoisotopic (exact) mass is 164 g/mol. The van der Waals surface area contributed by atoms with Crippen LogP contribution in [-0.4, -0.2) is 4.98 Å². The molecule has 2 rings (SSSR count). The minimum atomic E-state index is 0.358. The molecule has 0 bridgehead atoms. The quantitative estimate of drug-likeness (QED) is 0.613. The number of nitrogens with two attached hydrogens (primary N) is 1. The van der Waals surface area contributed by atoms with Gasteiger partial charge in [0.25, 0.3) is 0 Å². The molecule has 1 aromatic heterocycles. The molecule has 11 heavy (non-hydrogen) atoms. The fourth-order valence-corrected chi connectivity index (χ4v) is 1.60. The first-order chi connectivity index (χ1) is 5.40. The number of H-pyrrole nitrogens is 1. The summed E-state index contributed by atoms with van der Waals surface area (Å²) in [5.41, 5.74) is 7.79. The highest BCUT2D eigenvalue weighted by Gasteiger charge is 1.95. The Morgan fingerprint density at radius 3 is 2.82 bits per heavy atom. The van der Waals surface area contributed by atoms with Crippen molar-refractivity contribution in [2.75, 3.05) is 0 Å². The Bertz CT molecular complexity index is 334. The first-order valence-electron chi connectivity index (χ1n) is 3.44. The summed E-state index contributed by atoms with van der Waals surface area (Å²) in [7, 11) is 0.358. The van der Waals surface area contributed by atoms with Crippen molar-refractivity contribution in [2.45, 2.75) is 0 Å².